The van der Waals surface area contributed by atoms with E-state index in [9.17, 15) is 34.4 Å². The molecule has 0 spiro atoms. The number of carbonyl (C=O) groups is 4. The van der Waals surface area contributed by atoms with Crippen molar-refractivity contribution in [2.45, 2.75) is 12.5 Å². The number of hydrogen-bond acceptors (Lipinski definition) is 7. The zero-order valence-corrected chi connectivity index (χ0v) is 19.8. The van der Waals surface area contributed by atoms with Gasteiger partial charge < -0.3 is 20.5 Å². The van der Waals surface area contributed by atoms with Crippen LogP contribution in [0.4, 0.5) is 5.69 Å². The van der Waals surface area contributed by atoms with Crippen molar-refractivity contribution >= 4 is 40.9 Å². The van der Waals surface area contributed by atoms with Gasteiger partial charge in [0.1, 0.15) is 17.5 Å². The first-order valence-corrected chi connectivity index (χ1v) is 11.1. The van der Waals surface area contributed by atoms with Gasteiger partial charge in [0.15, 0.2) is 5.78 Å². The Hall–Kier alpha value is -4.77. The molecule has 3 aromatic rings. The Morgan fingerprint density at radius 1 is 0.892 bits per heavy atom. The Morgan fingerprint density at radius 2 is 1.43 bits per heavy atom. The van der Waals surface area contributed by atoms with Gasteiger partial charge in [-0.05, 0) is 60.7 Å². The van der Waals surface area contributed by atoms with E-state index in [0.717, 1.165) is 0 Å². The highest BCUT2D eigenvalue weighted by molar-refractivity contribution is 6.30. The number of aliphatic carboxylic acids is 1. The lowest BCUT2D eigenvalue weighted by atomic mass is 10.0. The quantitative estimate of drug-likeness (QED) is 0.194. The summed E-state index contributed by atoms with van der Waals surface area (Å²) in [5.74, 6) is -2.59. The molecule has 0 aliphatic rings. The van der Waals surface area contributed by atoms with Crippen LogP contribution in [0.5, 0.6) is 11.5 Å². The summed E-state index contributed by atoms with van der Waals surface area (Å²) in [4.78, 5) is 58.6. The molecule has 0 aromatic heterocycles. The van der Waals surface area contributed by atoms with Gasteiger partial charge in [0.2, 0.25) is 5.91 Å². The fourth-order valence-corrected chi connectivity index (χ4v) is 3.22. The van der Waals surface area contributed by atoms with Crippen LogP contribution in [0.25, 0.3) is 0 Å². The first-order valence-electron chi connectivity index (χ1n) is 10.7. The van der Waals surface area contributed by atoms with Gasteiger partial charge in [-0.2, -0.15) is 0 Å². The smallest absolute Gasteiger partial charge is 0.326 e. The zero-order valence-electron chi connectivity index (χ0n) is 19.0. The third-order valence-electron chi connectivity index (χ3n) is 5.00. The third kappa shape index (κ3) is 7.87. The van der Waals surface area contributed by atoms with Crippen molar-refractivity contribution in [3.05, 3.63) is 99.1 Å². The molecule has 0 saturated heterocycles. The van der Waals surface area contributed by atoms with E-state index < -0.39 is 47.5 Å². The number of carboxylic acid groups (broad SMARTS) is 1. The van der Waals surface area contributed by atoms with Gasteiger partial charge in [0.05, 0.1) is 11.5 Å². The number of ether oxygens (including phenoxy) is 1. The van der Waals surface area contributed by atoms with Crippen molar-refractivity contribution in [1.29, 1.82) is 0 Å². The summed E-state index contributed by atoms with van der Waals surface area (Å²) in [5, 5.41) is 25.2. The lowest BCUT2D eigenvalue weighted by Crippen LogP contribution is -2.46. The molecule has 2 amide bonds. The minimum absolute atomic E-state index is 0.0858. The fraction of sp³-hybridized carbons (Fsp3) is 0.120. The van der Waals surface area contributed by atoms with E-state index in [1.165, 1.54) is 72.8 Å². The lowest BCUT2D eigenvalue weighted by Gasteiger charge is -2.14. The number of nitro groups is 1. The molecule has 0 heterocycles. The van der Waals surface area contributed by atoms with Crippen LogP contribution in [0.2, 0.25) is 5.02 Å². The lowest BCUT2D eigenvalue weighted by molar-refractivity contribution is -0.384. The second-order valence-corrected chi connectivity index (χ2v) is 8.09. The largest absolute Gasteiger partial charge is 0.480 e. The molecule has 0 saturated carbocycles. The second kappa shape index (κ2) is 12.3. The highest BCUT2D eigenvalue weighted by Crippen LogP contribution is 2.24. The van der Waals surface area contributed by atoms with E-state index in [1.807, 2.05) is 0 Å². The van der Waals surface area contributed by atoms with Gasteiger partial charge >= 0.3 is 5.97 Å². The Kier molecular flexibility index (Phi) is 8.90. The minimum atomic E-state index is -1.51. The summed E-state index contributed by atoms with van der Waals surface area (Å²) < 4.78 is 5.58. The van der Waals surface area contributed by atoms with E-state index in [4.69, 9.17) is 16.3 Å². The van der Waals surface area contributed by atoms with E-state index >= 15 is 0 Å². The molecule has 0 aliphatic heterocycles. The van der Waals surface area contributed by atoms with Crippen LogP contribution < -0.4 is 15.4 Å². The summed E-state index contributed by atoms with van der Waals surface area (Å²) in [5.41, 5.74) is 0.369. The van der Waals surface area contributed by atoms with Crippen molar-refractivity contribution in [2.75, 3.05) is 6.54 Å². The zero-order chi connectivity index (χ0) is 26.9. The first kappa shape index (κ1) is 26.8. The number of halogens is 1. The monoisotopic (exact) mass is 525 g/mol. The highest BCUT2D eigenvalue weighted by Gasteiger charge is 2.24. The number of Topliss-reactive ketones (excluding diaryl/α,β-unsaturated/α-hetero) is 1. The van der Waals surface area contributed by atoms with Crippen molar-refractivity contribution in [1.82, 2.24) is 10.6 Å². The molecule has 0 aliphatic carbocycles. The summed E-state index contributed by atoms with van der Waals surface area (Å²) in [6.07, 6.45) is -0.519. The molecular weight excluding hydrogens is 506 g/mol. The number of nitrogens with one attached hydrogen (secondary N) is 2. The molecule has 3 N–H and O–H groups in total. The number of non-ortho nitro benzene ring substituents is 1. The summed E-state index contributed by atoms with van der Waals surface area (Å²) in [6, 6.07) is 15.7. The van der Waals surface area contributed by atoms with Gasteiger partial charge in [-0.25, -0.2) is 4.79 Å². The average molecular weight is 526 g/mol. The molecule has 0 bridgehead atoms. The molecule has 3 rings (SSSR count). The van der Waals surface area contributed by atoms with E-state index in [2.05, 4.69) is 10.6 Å². The summed E-state index contributed by atoms with van der Waals surface area (Å²) in [6.45, 7) is -0.492. The number of carbonyl (C=O) groups excluding carboxylic acids is 3. The van der Waals surface area contributed by atoms with Crippen molar-refractivity contribution in [3.63, 3.8) is 0 Å². The fourth-order valence-electron chi connectivity index (χ4n) is 3.09. The maximum atomic E-state index is 12.6. The van der Waals surface area contributed by atoms with Crippen molar-refractivity contribution in [3.8, 4) is 11.5 Å². The third-order valence-corrected chi connectivity index (χ3v) is 5.25. The Bertz CT molecular complexity index is 1310. The van der Waals surface area contributed by atoms with Gasteiger partial charge in [-0.1, -0.05) is 11.6 Å². The number of rotatable bonds is 11. The molecular formula is C25H20ClN3O8. The average Bonchev–Trinajstić information content (AvgIpc) is 2.88. The molecule has 1 atom stereocenters. The number of carboxylic acids is 1. The van der Waals surface area contributed by atoms with Crippen molar-refractivity contribution in [2.24, 2.45) is 0 Å². The van der Waals surface area contributed by atoms with Crippen LogP contribution in [0.3, 0.4) is 0 Å². The minimum Gasteiger partial charge on any atom is -0.480 e. The predicted molar refractivity (Wildman–Crippen MR) is 132 cm³/mol. The van der Waals surface area contributed by atoms with Gasteiger partial charge in [-0.15, -0.1) is 0 Å². The highest BCUT2D eigenvalue weighted by atomic mass is 35.5. The van der Waals surface area contributed by atoms with Crippen LogP contribution in [0.15, 0.2) is 72.8 Å². The predicted octanol–water partition coefficient (Wildman–Crippen LogP) is 3.61. The number of ketones is 1. The van der Waals surface area contributed by atoms with Crippen LogP contribution in [0.1, 0.15) is 27.1 Å². The second-order valence-electron chi connectivity index (χ2n) is 7.65. The number of hydrogen-bond donors (Lipinski definition) is 3. The van der Waals surface area contributed by atoms with Crippen LogP contribution in [-0.2, 0) is 9.59 Å². The summed E-state index contributed by atoms with van der Waals surface area (Å²) in [7, 11) is 0. The Balaban J connectivity index is 1.53. The summed E-state index contributed by atoms with van der Waals surface area (Å²) >= 11 is 5.77. The molecule has 3 aromatic carbocycles. The van der Waals surface area contributed by atoms with Crippen molar-refractivity contribution < 1.29 is 33.9 Å². The van der Waals surface area contributed by atoms with Crippen LogP contribution in [-0.4, -0.2) is 46.2 Å². The maximum Gasteiger partial charge on any atom is 0.326 e. The van der Waals surface area contributed by atoms with E-state index in [1.54, 1.807) is 0 Å². The van der Waals surface area contributed by atoms with Gasteiger partial charge in [0.25, 0.3) is 11.6 Å². The molecule has 190 valence electrons. The standard InChI is InChI=1S/C25H20ClN3O8/c26-17-5-1-16(2-6-17)24(32)27-14-23(31)28-21(25(33)34)13-22(30)15-3-9-19(10-4-15)37-20-11-7-18(8-12-20)29(35)36/h1-12,21H,13-14H2,(H,27,32)(H,28,31)(H,33,34). The molecule has 12 heteroatoms. The number of amides is 2. The van der Waals surface area contributed by atoms with Crippen LogP contribution in [0, 0.1) is 10.1 Å². The Labute approximate surface area is 215 Å². The molecule has 0 radical (unpaired) electrons. The van der Waals surface area contributed by atoms with E-state index in [0.29, 0.717) is 16.5 Å². The topological polar surface area (TPSA) is 165 Å². The molecule has 1 unspecified atom stereocenters. The van der Waals surface area contributed by atoms with Gasteiger partial charge in [-0.3, -0.25) is 24.5 Å². The molecule has 11 nitrogen and oxygen atoms in total. The Morgan fingerprint density at radius 3 is 1.97 bits per heavy atom. The normalized spacial score (nSPS) is 11.2. The molecule has 37 heavy (non-hydrogen) atoms. The van der Waals surface area contributed by atoms with Gasteiger partial charge in [0, 0.05) is 34.7 Å². The number of nitrogens with zero attached hydrogens (tertiary/aromatic N) is 1. The molecule has 0 fully saturated rings. The van der Waals surface area contributed by atoms with E-state index in [-0.39, 0.29) is 16.8 Å². The number of benzene rings is 3. The maximum absolute atomic E-state index is 12.6. The van der Waals surface area contributed by atoms with Crippen LogP contribution >= 0.6 is 11.6 Å². The first-order chi connectivity index (χ1) is 17.6. The number of nitro benzene ring substituents is 1. The SMILES string of the molecule is O=C(CNC(=O)c1ccc(Cl)cc1)NC(CC(=O)c1ccc(Oc2ccc([N+](=O)[O-])cc2)cc1)C(=O)O.